The minimum Gasteiger partial charge on any atom is -0.463 e. The summed E-state index contributed by atoms with van der Waals surface area (Å²) in [5.74, 6) is 0.305. The lowest BCUT2D eigenvalue weighted by Gasteiger charge is -2.26. The zero-order chi connectivity index (χ0) is 16.2. The van der Waals surface area contributed by atoms with E-state index < -0.39 is 5.92 Å². The number of hydrogen-bond donors (Lipinski definition) is 3. The largest absolute Gasteiger partial charge is 0.463 e. The van der Waals surface area contributed by atoms with Crippen molar-refractivity contribution in [2.45, 2.75) is 5.92 Å². The van der Waals surface area contributed by atoms with Gasteiger partial charge in [0.25, 0.3) is 0 Å². The van der Waals surface area contributed by atoms with Gasteiger partial charge in [0.1, 0.15) is 24.0 Å². The third kappa shape index (κ3) is 3.11. The van der Waals surface area contributed by atoms with Crippen LogP contribution in [0.3, 0.4) is 0 Å². The lowest BCUT2D eigenvalue weighted by molar-refractivity contribution is -0.144. The Bertz CT molecular complexity index is 700. The quantitative estimate of drug-likeness (QED) is 0.347. The van der Waals surface area contributed by atoms with Crippen molar-refractivity contribution in [3.05, 3.63) is 59.7 Å². The van der Waals surface area contributed by atoms with E-state index in [1.807, 2.05) is 48.5 Å². The summed E-state index contributed by atoms with van der Waals surface area (Å²) in [5, 5.41) is 9.68. The molecule has 0 unspecified atom stereocenters. The standard InChI is InChI=1S/C17H17N3O3/c18-17(19)20-9-10-22-16(21)15-11-5-1-3-7-13(11)23-14-8-4-2-6-12(14)15/h1-8,15H,9-10H2,(H4,18,19,20). The minimum atomic E-state index is -0.520. The van der Waals surface area contributed by atoms with Crippen LogP contribution in [0.5, 0.6) is 11.5 Å². The number of nitrogens with two attached hydrogens (primary N) is 1. The van der Waals surface area contributed by atoms with Crippen LogP contribution in [0, 0.1) is 5.41 Å². The Morgan fingerprint density at radius 1 is 1.13 bits per heavy atom. The zero-order valence-electron chi connectivity index (χ0n) is 12.4. The highest BCUT2D eigenvalue weighted by atomic mass is 16.5. The summed E-state index contributed by atoms with van der Waals surface area (Å²) in [4.78, 5) is 12.6. The Hall–Kier alpha value is -3.02. The SMILES string of the molecule is N=C(N)NCCOC(=O)C1c2ccccc2Oc2ccccc21. The van der Waals surface area contributed by atoms with Crippen molar-refractivity contribution in [2.75, 3.05) is 13.2 Å². The van der Waals surface area contributed by atoms with Crippen molar-refractivity contribution in [1.29, 1.82) is 5.41 Å². The minimum absolute atomic E-state index is 0.139. The van der Waals surface area contributed by atoms with Gasteiger partial charge in [-0.3, -0.25) is 10.2 Å². The lowest BCUT2D eigenvalue weighted by Crippen LogP contribution is -2.34. The molecule has 0 fully saturated rings. The molecule has 4 N–H and O–H groups in total. The van der Waals surface area contributed by atoms with Crippen molar-refractivity contribution in [3.63, 3.8) is 0 Å². The maximum absolute atomic E-state index is 12.6. The summed E-state index contributed by atoms with van der Waals surface area (Å²) in [7, 11) is 0. The number of esters is 1. The molecule has 0 spiro atoms. The second-order valence-electron chi connectivity index (χ2n) is 5.12. The number of nitrogens with one attached hydrogen (secondary N) is 2. The van der Waals surface area contributed by atoms with Gasteiger partial charge in [0.2, 0.25) is 0 Å². The molecular weight excluding hydrogens is 294 g/mol. The molecule has 0 atom stereocenters. The van der Waals surface area contributed by atoms with Gasteiger partial charge in [-0.2, -0.15) is 0 Å². The molecule has 0 saturated carbocycles. The van der Waals surface area contributed by atoms with Crippen LogP contribution in [-0.2, 0) is 9.53 Å². The summed E-state index contributed by atoms with van der Waals surface area (Å²) in [6.07, 6.45) is 0. The molecule has 0 aliphatic carbocycles. The molecule has 2 aromatic carbocycles. The van der Waals surface area contributed by atoms with Gasteiger partial charge in [0, 0.05) is 11.1 Å². The Morgan fingerprint density at radius 2 is 1.70 bits per heavy atom. The summed E-state index contributed by atoms with van der Waals surface area (Å²) in [6, 6.07) is 14.9. The van der Waals surface area contributed by atoms with Gasteiger partial charge in [-0.05, 0) is 12.1 Å². The maximum Gasteiger partial charge on any atom is 0.318 e. The number of ether oxygens (including phenoxy) is 2. The molecule has 6 nitrogen and oxygen atoms in total. The van der Waals surface area contributed by atoms with Gasteiger partial charge >= 0.3 is 5.97 Å². The molecule has 0 bridgehead atoms. The van der Waals surface area contributed by atoms with Crippen molar-refractivity contribution in [2.24, 2.45) is 5.73 Å². The third-order valence-corrected chi connectivity index (χ3v) is 3.58. The second-order valence-corrected chi connectivity index (χ2v) is 5.12. The molecule has 0 amide bonds. The predicted molar refractivity (Wildman–Crippen MR) is 85.7 cm³/mol. The molecule has 1 aliphatic heterocycles. The summed E-state index contributed by atoms with van der Waals surface area (Å²) >= 11 is 0. The first-order valence-corrected chi connectivity index (χ1v) is 7.27. The van der Waals surface area contributed by atoms with Gasteiger partial charge < -0.3 is 20.5 Å². The number of benzene rings is 2. The van der Waals surface area contributed by atoms with E-state index in [4.69, 9.17) is 20.6 Å². The number of fused-ring (bicyclic) bond motifs is 2. The second kappa shape index (κ2) is 6.39. The van der Waals surface area contributed by atoms with Gasteiger partial charge in [-0.15, -0.1) is 0 Å². The molecule has 118 valence electrons. The zero-order valence-corrected chi connectivity index (χ0v) is 12.4. The van der Waals surface area contributed by atoms with Crippen LogP contribution in [-0.4, -0.2) is 25.1 Å². The smallest absolute Gasteiger partial charge is 0.318 e. The highest BCUT2D eigenvalue weighted by molar-refractivity contribution is 5.85. The molecule has 23 heavy (non-hydrogen) atoms. The van der Waals surface area contributed by atoms with Crippen molar-refractivity contribution >= 4 is 11.9 Å². The number of carbonyl (C=O) groups excluding carboxylic acids is 1. The maximum atomic E-state index is 12.6. The van der Waals surface area contributed by atoms with Gasteiger partial charge in [0.05, 0.1) is 6.54 Å². The molecule has 0 aromatic heterocycles. The van der Waals surface area contributed by atoms with E-state index in [2.05, 4.69) is 5.32 Å². The van der Waals surface area contributed by atoms with E-state index >= 15 is 0 Å². The molecule has 6 heteroatoms. The fourth-order valence-corrected chi connectivity index (χ4v) is 2.58. The third-order valence-electron chi connectivity index (χ3n) is 3.58. The normalized spacial score (nSPS) is 12.5. The molecule has 0 saturated heterocycles. The number of carbonyl (C=O) groups is 1. The highest BCUT2D eigenvalue weighted by Gasteiger charge is 2.33. The first-order chi connectivity index (χ1) is 11.2. The molecule has 1 aliphatic rings. The van der Waals surface area contributed by atoms with E-state index in [0.717, 1.165) is 11.1 Å². The average molecular weight is 311 g/mol. The van der Waals surface area contributed by atoms with Crippen molar-refractivity contribution in [1.82, 2.24) is 5.32 Å². The van der Waals surface area contributed by atoms with E-state index in [1.165, 1.54) is 0 Å². The van der Waals surface area contributed by atoms with Gasteiger partial charge in [0.15, 0.2) is 5.96 Å². The van der Waals surface area contributed by atoms with Crippen LogP contribution in [0.25, 0.3) is 0 Å². The topological polar surface area (TPSA) is 97.4 Å². The van der Waals surface area contributed by atoms with Crippen molar-refractivity contribution < 1.29 is 14.3 Å². The number of hydrogen-bond acceptors (Lipinski definition) is 4. The first kappa shape index (κ1) is 14.9. The van der Waals surface area contributed by atoms with Crippen LogP contribution in [0.15, 0.2) is 48.5 Å². The molecule has 0 radical (unpaired) electrons. The van der Waals surface area contributed by atoms with Gasteiger partial charge in [-0.1, -0.05) is 36.4 Å². The number of para-hydroxylation sites is 2. The molecular formula is C17H17N3O3. The number of rotatable bonds is 4. The monoisotopic (exact) mass is 311 g/mol. The van der Waals surface area contributed by atoms with Crippen LogP contribution in [0.1, 0.15) is 17.0 Å². The highest BCUT2D eigenvalue weighted by Crippen LogP contribution is 2.44. The Kier molecular flexibility index (Phi) is 4.14. The van der Waals surface area contributed by atoms with E-state index in [0.29, 0.717) is 18.0 Å². The van der Waals surface area contributed by atoms with E-state index in [-0.39, 0.29) is 18.5 Å². The van der Waals surface area contributed by atoms with Crippen molar-refractivity contribution in [3.8, 4) is 11.5 Å². The Morgan fingerprint density at radius 3 is 2.26 bits per heavy atom. The fraction of sp³-hybridized carbons (Fsp3) is 0.176. The van der Waals surface area contributed by atoms with Crippen LogP contribution in [0.2, 0.25) is 0 Å². The fourth-order valence-electron chi connectivity index (χ4n) is 2.58. The summed E-state index contributed by atoms with van der Waals surface area (Å²) in [6.45, 7) is 0.438. The van der Waals surface area contributed by atoms with Crippen LogP contribution < -0.4 is 15.8 Å². The van der Waals surface area contributed by atoms with Crippen LogP contribution >= 0.6 is 0 Å². The summed E-state index contributed by atoms with van der Waals surface area (Å²) < 4.78 is 11.2. The summed E-state index contributed by atoms with van der Waals surface area (Å²) in [5.41, 5.74) is 6.77. The number of guanidine groups is 1. The molecule has 3 rings (SSSR count). The lowest BCUT2D eigenvalue weighted by atomic mass is 9.88. The van der Waals surface area contributed by atoms with E-state index in [1.54, 1.807) is 0 Å². The van der Waals surface area contributed by atoms with E-state index in [9.17, 15) is 4.79 Å². The van der Waals surface area contributed by atoms with Crippen LogP contribution in [0.4, 0.5) is 0 Å². The van der Waals surface area contributed by atoms with Gasteiger partial charge in [-0.25, -0.2) is 0 Å². The molecule has 2 aromatic rings. The Labute approximate surface area is 133 Å². The predicted octanol–water partition coefficient (Wildman–Crippen LogP) is 1.95. The molecule has 1 heterocycles. The first-order valence-electron chi connectivity index (χ1n) is 7.27. The average Bonchev–Trinajstić information content (AvgIpc) is 2.56. The Balaban J connectivity index is 1.83.